The van der Waals surface area contributed by atoms with Crippen LogP contribution in [-0.2, 0) is 20.8 Å². The number of rotatable bonds is 4. The minimum absolute atomic E-state index is 0.0716. The molecule has 15 heavy (non-hydrogen) atoms. The molecule has 0 fully saturated rings. The summed E-state index contributed by atoms with van der Waals surface area (Å²) in [6, 6.07) is 0. The van der Waals surface area contributed by atoms with Crippen LogP contribution in [-0.4, -0.2) is 40.4 Å². The predicted molar refractivity (Wildman–Crippen MR) is 48.0 cm³/mol. The summed E-state index contributed by atoms with van der Waals surface area (Å²) in [4.78, 5) is 25.7. The normalized spacial score (nSPS) is 9.73. The average molecular weight is 213 g/mol. The van der Waals surface area contributed by atoms with Gasteiger partial charge in [-0.3, -0.25) is 4.79 Å². The largest absolute Gasteiger partial charge is 0.465 e. The summed E-state index contributed by atoms with van der Waals surface area (Å²) in [5.74, 6) is -1.15. The molecule has 0 unspecified atom stereocenters. The topological polar surface area (TPSA) is 83.3 Å². The third kappa shape index (κ3) is 3.04. The summed E-state index contributed by atoms with van der Waals surface area (Å²) >= 11 is 0. The SMILES string of the molecule is CCOC(=O)Cn1cnc(C(=O)OC)n1. The first-order chi connectivity index (χ1) is 7.17. The standard InChI is InChI=1S/C8H11N3O4/c1-3-15-6(12)4-11-5-9-7(10-11)8(13)14-2/h5H,3-4H2,1-2H3. The number of esters is 2. The second-order valence-electron chi connectivity index (χ2n) is 2.56. The van der Waals surface area contributed by atoms with Crippen molar-refractivity contribution in [3.8, 4) is 0 Å². The molecule has 1 aromatic heterocycles. The third-order valence-corrected chi connectivity index (χ3v) is 1.50. The molecule has 0 atom stereocenters. The van der Waals surface area contributed by atoms with Crippen LogP contribution in [0.15, 0.2) is 6.33 Å². The van der Waals surface area contributed by atoms with Gasteiger partial charge in [-0.1, -0.05) is 0 Å². The average Bonchev–Trinajstić information content (AvgIpc) is 2.65. The molecule has 1 rings (SSSR count). The van der Waals surface area contributed by atoms with Crippen LogP contribution in [0, 0.1) is 0 Å². The zero-order valence-electron chi connectivity index (χ0n) is 8.47. The fraction of sp³-hybridized carbons (Fsp3) is 0.500. The van der Waals surface area contributed by atoms with Crippen molar-refractivity contribution < 1.29 is 19.1 Å². The molecular weight excluding hydrogens is 202 g/mol. The number of carbonyl (C=O) groups excluding carboxylic acids is 2. The van der Waals surface area contributed by atoms with E-state index in [2.05, 4.69) is 14.8 Å². The van der Waals surface area contributed by atoms with Gasteiger partial charge in [0.25, 0.3) is 5.82 Å². The first-order valence-electron chi connectivity index (χ1n) is 4.30. The maximum atomic E-state index is 11.0. The van der Waals surface area contributed by atoms with E-state index in [-0.39, 0.29) is 12.4 Å². The molecular formula is C8H11N3O4. The quantitative estimate of drug-likeness (QED) is 0.634. The van der Waals surface area contributed by atoms with Crippen molar-refractivity contribution in [1.29, 1.82) is 0 Å². The van der Waals surface area contributed by atoms with Gasteiger partial charge >= 0.3 is 11.9 Å². The Bertz CT molecular complexity index is 361. The number of hydrogen-bond acceptors (Lipinski definition) is 6. The predicted octanol–water partition coefficient (Wildman–Crippen LogP) is -0.372. The first kappa shape index (κ1) is 11.2. The number of hydrogen-bond donors (Lipinski definition) is 0. The Kier molecular flexibility index (Phi) is 3.78. The molecule has 0 amide bonds. The van der Waals surface area contributed by atoms with Crippen molar-refractivity contribution in [3.05, 3.63) is 12.2 Å². The Balaban J connectivity index is 2.60. The molecule has 82 valence electrons. The third-order valence-electron chi connectivity index (χ3n) is 1.50. The lowest BCUT2D eigenvalue weighted by Gasteiger charge is -1.99. The van der Waals surface area contributed by atoms with Crippen molar-refractivity contribution in [3.63, 3.8) is 0 Å². The minimum Gasteiger partial charge on any atom is -0.465 e. The van der Waals surface area contributed by atoms with Crippen molar-refractivity contribution in [2.45, 2.75) is 13.5 Å². The summed E-state index contributed by atoms with van der Waals surface area (Å²) in [6.45, 7) is 1.94. The summed E-state index contributed by atoms with van der Waals surface area (Å²) in [7, 11) is 1.23. The number of aromatic nitrogens is 3. The Morgan fingerprint density at radius 3 is 2.87 bits per heavy atom. The van der Waals surface area contributed by atoms with Crippen LogP contribution in [0.1, 0.15) is 17.5 Å². The summed E-state index contributed by atoms with van der Waals surface area (Å²) in [6.07, 6.45) is 1.27. The molecule has 0 aliphatic heterocycles. The van der Waals surface area contributed by atoms with Gasteiger partial charge in [0, 0.05) is 0 Å². The van der Waals surface area contributed by atoms with Crippen molar-refractivity contribution in [2.75, 3.05) is 13.7 Å². The molecule has 0 bridgehead atoms. The zero-order chi connectivity index (χ0) is 11.3. The van der Waals surface area contributed by atoms with Crippen LogP contribution < -0.4 is 0 Å². The van der Waals surface area contributed by atoms with Crippen LogP contribution in [0.25, 0.3) is 0 Å². The second kappa shape index (κ2) is 5.08. The monoisotopic (exact) mass is 213 g/mol. The molecule has 0 saturated heterocycles. The van der Waals surface area contributed by atoms with E-state index in [4.69, 9.17) is 4.74 Å². The van der Waals surface area contributed by atoms with Crippen LogP contribution >= 0.6 is 0 Å². The van der Waals surface area contributed by atoms with Gasteiger partial charge in [-0.15, -0.1) is 5.10 Å². The van der Waals surface area contributed by atoms with Gasteiger partial charge in [0.05, 0.1) is 13.7 Å². The van der Waals surface area contributed by atoms with Gasteiger partial charge < -0.3 is 9.47 Å². The molecule has 0 aliphatic carbocycles. The Morgan fingerprint density at radius 2 is 2.27 bits per heavy atom. The summed E-state index contributed by atoms with van der Waals surface area (Å²) in [5, 5.41) is 3.73. The highest BCUT2D eigenvalue weighted by molar-refractivity contribution is 5.84. The summed E-state index contributed by atoms with van der Waals surface area (Å²) < 4.78 is 10.3. The minimum atomic E-state index is -0.641. The molecule has 7 heteroatoms. The summed E-state index contributed by atoms with van der Waals surface area (Å²) in [5.41, 5.74) is 0. The van der Waals surface area contributed by atoms with E-state index in [9.17, 15) is 9.59 Å². The Labute approximate surface area is 86.0 Å². The van der Waals surface area contributed by atoms with Crippen molar-refractivity contribution in [1.82, 2.24) is 14.8 Å². The molecule has 0 spiro atoms. The van der Waals surface area contributed by atoms with Gasteiger partial charge in [0.15, 0.2) is 0 Å². The lowest BCUT2D eigenvalue weighted by atomic mass is 10.6. The fourth-order valence-electron chi connectivity index (χ4n) is 0.895. The lowest BCUT2D eigenvalue weighted by molar-refractivity contribution is -0.144. The molecule has 7 nitrogen and oxygen atoms in total. The molecule has 1 heterocycles. The number of ether oxygens (including phenoxy) is 2. The maximum Gasteiger partial charge on any atom is 0.377 e. The molecule has 0 saturated carbocycles. The zero-order valence-corrected chi connectivity index (χ0v) is 8.47. The van der Waals surface area contributed by atoms with Gasteiger partial charge in [0.2, 0.25) is 0 Å². The molecule has 1 aromatic rings. The van der Waals surface area contributed by atoms with E-state index in [0.717, 1.165) is 0 Å². The highest BCUT2D eigenvalue weighted by Gasteiger charge is 2.12. The Hall–Kier alpha value is -1.92. The van der Waals surface area contributed by atoms with E-state index in [0.29, 0.717) is 6.61 Å². The molecule has 0 aromatic carbocycles. The van der Waals surface area contributed by atoms with Crippen molar-refractivity contribution in [2.24, 2.45) is 0 Å². The van der Waals surface area contributed by atoms with Gasteiger partial charge in [0.1, 0.15) is 12.9 Å². The van der Waals surface area contributed by atoms with Crippen LogP contribution in [0.5, 0.6) is 0 Å². The van der Waals surface area contributed by atoms with Crippen LogP contribution in [0.3, 0.4) is 0 Å². The number of carbonyl (C=O) groups is 2. The Morgan fingerprint density at radius 1 is 1.53 bits per heavy atom. The van der Waals surface area contributed by atoms with Crippen LogP contribution in [0.2, 0.25) is 0 Å². The smallest absolute Gasteiger partial charge is 0.377 e. The van der Waals surface area contributed by atoms with Gasteiger partial charge in [-0.05, 0) is 6.92 Å². The van der Waals surface area contributed by atoms with Crippen LogP contribution in [0.4, 0.5) is 0 Å². The first-order valence-corrected chi connectivity index (χ1v) is 4.30. The van der Waals surface area contributed by atoms with Crippen molar-refractivity contribution >= 4 is 11.9 Å². The van der Waals surface area contributed by atoms with E-state index in [1.807, 2.05) is 0 Å². The van der Waals surface area contributed by atoms with E-state index >= 15 is 0 Å². The number of methoxy groups -OCH3 is 1. The van der Waals surface area contributed by atoms with E-state index in [1.165, 1.54) is 18.1 Å². The molecule has 0 N–H and O–H groups in total. The molecule has 0 aliphatic rings. The molecule has 0 radical (unpaired) electrons. The van der Waals surface area contributed by atoms with E-state index < -0.39 is 11.9 Å². The second-order valence-corrected chi connectivity index (χ2v) is 2.56. The van der Waals surface area contributed by atoms with E-state index in [1.54, 1.807) is 6.92 Å². The van der Waals surface area contributed by atoms with Gasteiger partial charge in [-0.2, -0.15) is 0 Å². The highest BCUT2D eigenvalue weighted by Crippen LogP contribution is 1.93. The highest BCUT2D eigenvalue weighted by atomic mass is 16.5. The number of nitrogens with zero attached hydrogens (tertiary/aromatic N) is 3. The van der Waals surface area contributed by atoms with Gasteiger partial charge in [-0.25, -0.2) is 14.5 Å². The lowest BCUT2D eigenvalue weighted by Crippen LogP contribution is -2.14. The fourth-order valence-corrected chi connectivity index (χ4v) is 0.895. The maximum absolute atomic E-state index is 11.0.